The minimum Gasteiger partial charge on any atom is -0.298 e. The first kappa shape index (κ1) is 14.5. The number of hydrogen-bond acceptors (Lipinski definition) is 3. The van der Waals surface area contributed by atoms with E-state index in [1.165, 1.54) is 12.1 Å². The largest absolute Gasteiger partial charge is 0.298 e. The van der Waals surface area contributed by atoms with E-state index in [0.29, 0.717) is 18.4 Å². The van der Waals surface area contributed by atoms with Gasteiger partial charge in [-0.1, -0.05) is 24.1 Å². The third kappa shape index (κ3) is 3.34. The van der Waals surface area contributed by atoms with Crippen molar-refractivity contribution in [1.29, 1.82) is 0 Å². The van der Waals surface area contributed by atoms with Crippen molar-refractivity contribution >= 4 is 27.2 Å². The maximum atomic E-state index is 12.9. The summed E-state index contributed by atoms with van der Waals surface area (Å²) in [5.41, 5.74) is 0.467. The lowest BCUT2D eigenvalue weighted by atomic mass is 10.0. The highest BCUT2D eigenvalue weighted by molar-refractivity contribution is 7.92. The molecule has 2 rings (SSSR count). The van der Waals surface area contributed by atoms with Crippen LogP contribution in [0.25, 0.3) is 0 Å². The van der Waals surface area contributed by atoms with Gasteiger partial charge < -0.3 is 0 Å². The Morgan fingerprint density at radius 2 is 2.11 bits per heavy atom. The zero-order chi connectivity index (χ0) is 14.0. The normalized spacial score (nSPS) is 22.1. The van der Waals surface area contributed by atoms with Crippen molar-refractivity contribution in [3.05, 3.63) is 34.6 Å². The van der Waals surface area contributed by atoms with E-state index in [9.17, 15) is 17.6 Å². The first-order valence-electron chi connectivity index (χ1n) is 6.08. The number of benzene rings is 1. The highest BCUT2D eigenvalue weighted by atomic mass is 35.5. The SMILES string of the molecule is O=C(Cc1ccc(F)cc1Cl)C1CCCCS1(=O)=O. The average molecular weight is 305 g/mol. The Hall–Kier alpha value is -0.940. The van der Waals surface area contributed by atoms with E-state index in [2.05, 4.69) is 0 Å². The van der Waals surface area contributed by atoms with Crippen molar-refractivity contribution in [2.45, 2.75) is 30.9 Å². The first-order chi connectivity index (χ1) is 8.90. The fourth-order valence-electron chi connectivity index (χ4n) is 2.28. The van der Waals surface area contributed by atoms with E-state index in [0.717, 1.165) is 12.5 Å². The zero-order valence-electron chi connectivity index (χ0n) is 10.2. The second-order valence-corrected chi connectivity index (χ2v) is 7.44. The third-order valence-corrected chi connectivity index (χ3v) is 5.89. The lowest BCUT2D eigenvalue weighted by Gasteiger charge is -2.21. The lowest BCUT2D eigenvalue weighted by molar-refractivity contribution is -0.118. The molecule has 1 heterocycles. The molecule has 0 bridgehead atoms. The maximum absolute atomic E-state index is 12.9. The number of carbonyl (C=O) groups excluding carboxylic acids is 1. The van der Waals surface area contributed by atoms with Gasteiger partial charge in [-0.05, 0) is 30.5 Å². The van der Waals surface area contributed by atoms with E-state index in [4.69, 9.17) is 11.6 Å². The Morgan fingerprint density at radius 1 is 1.37 bits per heavy atom. The fourth-order valence-corrected chi connectivity index (χ4v) is 4.42. The van der Waals surface area contributed by atoms with Gasteiger partial charge in [0.2, 0.25) is 0 Å². The molecule has 1 aliphatic rings. The van der Waals surface area contributed by atoms with Gasteiger partial charge in [-0.15, -0.1) is 0 Å². The number of sulfone groups is 1. The molecule has 104 valence electrons. The standard InChI is InChI=1S/C13H14ClFO3S/c14-11-8-10(15)5-4-9(11)7-12(16)13-3-1-2-6-19(13,17)18/h4-5,8,13H,1-3,6-7H2. The van der Waals surface area contributed by atoms with Crippen LogP contribution in [0.5, 0.6) is 0 Å². The van der Waals surface area contributed by atoms with Gasteiger partial charge in [0.15, 0.2) is 15.6 Å². The van der Waals surface area contributed by atoms with Crippen LogP contribution in [0, 0.1) is 5.82 Å². The summed E-state index contributed by atoms with van der Waals surface area (Å²) in [7, 11) is -3.33. The number of halogens is 2. The van der Waals surface area contributed by atoms with Crippen LogP contribution in [0.4, 0.5) is 4.39 Å². The van der Waals surface area contributed by atoms with Gasteiger partial charge in [-0.3, -0.25) is 4.79 Å². The Morgan fingerprint density at radius 3 is 2.74 bits per heavy atom. The molecule has 0 radical (unpaired) electrons. The Kier molecular flexibility index (Phi) is 4.26. The average Bonchev–Trinajstić information content (AvgIpc) is 2.32. The van der Waals surface area contributed by atoms with Crippen molar-refractivity contribution in [3.63, 3.8) is 0 Å². The van der Waals surface area contributed by atoms with Crippen molar-refractivity contribution in [1.82, 2.24) is 0 Å². The van der Waals surface area contributed by atoms with E-state index >= 15 is 0 Å². The molecule has 3 nitrogen and oxygen atoms in total. The van der Waals surface area contributed by atoms with Crippen LogP contribution in [-0.4, -0.2) is 25.2 Å². The molecule has 0 aliphatic carbocycles. The molecular formula is C13H14ClFO3S. The number of hydrogen-bond donors (Lipinski definition) is 0. The summed E-state index contributed by atoms with van der Waals surface area (Å²) in [6.45, 7) is 0. The van der Waals surface area contributed by atoms with Crippen LogP contribution in [0.3, 0.4) is 0 Å². The maximum Gasteiger partial charge on any atom is 0.160 e. The van der Waals surface area contributed by atoms with E-state index in [-0.39, 0.29) is 23.0 Å². The van der Waals surface area contributed by atoms with Gasteiger partial charge in [0.25, 0.3) is 0 Å². The Balaban J connectivity index is 2.17. The number of Topliss-reactive ketones (excluding diaryl/α,β-unsaturated/α-hetero) is 1. The van der Waals surface area contributed by atoms with Gasteiger partial charge in [-0.25, -0.2) is 12.8 Å². The van der Waals surface area contributed by atoms with Crippen molar-refractivity contribution in [2.24, 2.45) is 0 Å². The second-order valence-electron chi connectivity index (χ2n) is 4.73. The first-order valence-corrected chi connectivity index (χ1v) is 8.18. The molecule has 1 aromatic carbocycles. The molecule has 1 fully saturated rings. The number of ketones is 1. The molecule has 1 aromatic rings. The summed E-state index contributed by atoms with van der Waals surface area (Å²) >= 11 is 5.84. The number of rotatable bonds is 3. The van der Waals surface area contributed by atoms with E-state index in [1.807, 2.05) is 0 Å². The molecule has 1 aliphatic heterocycles. The Bertz CT molecular complexity index is 598. The minimum atomic E-state index is -3.33. The second kappa shape index (κ2) is 5.59. The molecule has 19 heavy (non-hydrogen) atoms. The quantitative estimate of drug-likeness (QED) is 0.862. The van der Waals surface area contributed by atoms with Crippen LogP contribution < -0.4 is 0 Å². The molecule has 1 atom stereocenters. The molecule has 6 heteroatoms. The molecule has 0 aromatic heterocycles. The van der Waals surface area contributed by atoms with Crippen molar-refractivity contribution in [2.75, 3.05) is 5.75 Å². The van der Waals surface area contributed by atoms with Crippen LogP contribution in [0.1, 0.15) is 24.8 Å². The van der Waals surface area contributed by atoms with Crippen LogP contribution >= 0.6 is 11.6 Å². The summed E-state index contributed by atoms with van der Waals surface area (Å²) < 4.78 is 36.6. The lowest BCUT2D eigenvalue weighted by Crippen LogP contribution is -2.36. The van der Waals surface area contributed by atoms with E-state index < -0.39 is 20.9 Å². The smallest absolute Gasteiger partial charge is 0.160 e. The Labute approximate surface area is 116 Å². The molecule has 1 saturated heterocycles. The van der Waals surface area contributed by atoms with Gasteiger partial charge in [0.05, 0.1) is 5.75 Å². The highest BCUT2D eigenvalue weighted by Gasteiger charge is 2.34. The summed E-state index contributed by atoms with van der Waals surface area (Å²) in [4.78, 5) is 12.1. The van der Waals surface area contributed by atoms with Gasteiger partial charge in [0.1, 0.15) is 11.1 Å². The van der Waals surface area contributed by atoms with Gasteiger partial charge in [0, 0.05) is 11.4 Å². The topological polar surface area (TPSA) is 51.2 Å². The van der Waals surface area contributed by atoms with Crippen molar-refractivity contribution in [3.8, 4) is 0 Å². The van der Waals surface area contributed by atoms with Crippen molar-refractivity contribution < 1.29 is 17.6 Å². The molecule has 1 unspecified atom stereocenters. The molecular weight excluding hydrogens is 291 g/mol. The van der Waals surface area contributed by atoms with Gasteiger partial charge >= 0.3 is 0 Å². The monoisotopic (exact) mass is 304 g/mol. The minimum absolute atomic E-state index is 0.0665. The predicted octanol–water partition coefficient (Wildman–Crippen LogP) is 2.56. The van der Waals surface area contributed by atoms with Crippen LogP contribution in [0.2, 0.25) is 5.02 Å². The summed E-state index contributed by atoms with van der Waals surface area (Å²) in [6, 6.07) is 3.76. The fraction of sp³-hybridized carbons (Fsp3) is 0.462. The van der Waals surface area contributed by atoms with Crippen LogP contribution in [0.15, 0.2) is 18.2 Å². The summed E-state index contributed by atoms with van der Waals surface area (Å²) in [5.74, 6) is -0.764. The summed E-state index contributed by atoms with van der Waals surface area (Å²) in [5, 5.41) is -0.774. The van der Waals surface area contributed by atoms with Crippen LogP contribution in [-0.2, 0) is 21.1 Å². The highest BCUT2D eigenvalue weighted by Crippen LogP contribution is 2.24. The molecule has 0 amide bonds. The van der Waals surface area contributed by atoms with E-state index in [1.54, 1.807) is 0 Å². The molecule has 0 saturated carbocycles. The molecule has 0 N–H and O–H groups in total. The third-order valence-electron chi connectivity index (χ3n) is 3.32. The van der Waals surface area contributed by atoms with Gasteiger partial charge in [-0.2, -0.15) is 0 Å². The molecule has 0 spiro atoms. The summed E-state index contributed by atoms with van der Waals surface area (Å²) in [6.07, 6.45) is 1.67. The number of carbonyl (C=O) groups is 1. The zero-order valence-corrected chi connectivity index (χ0v) is 11.8. The predicted molar refractivity (Wildman–Crippen MR) is 71.5 cm³/mol.